The predicted octanol–water partition coefficient (Wildman–Crippen LogP) is 1.38. The second-order valence-electron chi connectivity index (χ2n) is 4.89. The molecule has 0 saturated carbocycles. The summed E-state index contributed by atoms with van der Waals surface area (Å²) < 4.78 is 23.9. The van der Waals surface area contributed by atoms with Crippen LogP contribution in [0.1, 0.15) is 11.1 Å². The van der Waals surface area contributed by atoms with Gasteiger partial charge in [0, 0.05) is 36.5 Å². The van der Waals surface area contributed by atoms with Gasteiger partial charge < -0.3 is 10.6 Å². The monoisotopic (exact) mass is 300 g/mol. The molecule has 2 N–H and O–H groups in total. The molecule has 1 aromatic carbocycles. The maximum Gasteiger partial charge on any atom is 0.169 e. The Bertz CT molecular complexity index is 558. The highest BCUT2D eigenvalue weighted by Crippen LogP contribution is 2.30. The van der Waals surface area contributed by atoms with E-state index < -0.39 is 15.2 Å². The van der Waals surface area contributed by atoms with Crippen molar-refractivity contribution in [2.75, 3.05) is 29.2 Å². The van der Waals surface area contributed by atoms with Crippen LogP contribution in [0.3, 0.4) is 0 Å². The molecule has 0 amide bonds. The maximum atomic E-state index is 12.0. The van der Waals surface area contributed by atoms with Crippen LogP contribution in [0.15, 0.2) is 18.2 Å². The van der Waals surface area contributed by atoms with E-state index in [-0.39, 0.29) is 0 Å². The Morgan fingerprint density at radius 2 is 2.21 bits per heavy atom. The van der Waals surface area contributed by atoms with Crippen molar-refractivity contribution in [3.05, 3.63) is 29.3 Å². The van der Waals surface area contributed by atoms with Gasteiger partial charge in [0.1, 0.15) is 5.37 Å². The van der Waals surface area contributed by atoms with Crippen LogP contribution in [0.5, 0.6) is 0 Å². The fraction of sp³-hybridized carbons (Fsp3) is 0.538. The van der Waals surface area contributed by atoms with Crippen LogP contribution in [0.4, 0.5) is 5.69 Å². The van der Waals surface area contributed by atoms with Crippen molar-refractivity contribution in [1.29, 1.82) is 0 Å². The first kappa shape index (κ1) is 14.7. The summed E-state index contributed by atoms with van der Waals surface area (Å²) in [6.45, 7) is 3.19. The van der Waals surface area contributed by atoms with Crippen LogP contribution in [0.2, 0.25) is 0 Å². The van der Waals surface area contributed by atoms with E-state index in [0.717, 1.165) is 29.1 Å². The minimum Gasteiger partial charge on any atom is -0.353 e. The van der Waals surface area contributed by atoms with Crippen molar-refractivity contribution in [1.82, 2.24) is 0 Å². The number of hydrogen-bond donors (Lipinski definition) is 1. The van der Waals surface area contributed by atoms with Gasteiger partial charge in [0.15, 0.2) is 9.84 Å². The topological polar surface area (TPSA) is 63.4 Å². The van der Waals surface area contributed by atoms with Gasteiger partial charge in [-0.15, -0.1) is 0 Å². The van der Waals surface area contributed by atoms with Gasteiger partial charge >= 0.3 is 0 Å². The molecule has 1 aliphatic rings. The van der Waals surface area contributed by atoms with Crippen molar-refractivity contribution in [2.24, 2.45) is 5.73 Å². The summed E-state index contributed by atoms with van der Waals surface area (Å²) in [7, 11) is -3.10. The van der Waals surface area contributed by atoms with Crippen LogP contribution < -0.4 is 10.6 Å². The zero-order valence-corrected chi connectivity index (χ0v) is 12.9. The van der Waals surface area contributed by atoms with E-state index in [4.69, 9.17) is 5.73 Å². The minimum atomic E-state index is -3.10. The summed E-state index contributed by atoms with van der Waals surface area (Å²) in [5, 5.41) is -0.446. The first-order chi connectivity index (χ1) is 8.93. The molecule has 0 bridgehead atoms. The van der Waals surface area contributed by atoms with Gasteiger partial charge in [0.25, 0.3) is 0 Å². The third-order valence-corrected chi connectivity index (χ3v) is 5.99. The van der Waals surface area contributed by atoms with Gasteiger partial charge in [0.2, 0.25) is 0 Å². The summed E-state index contributed by atoms with van der Waals surface area (Å²) in [6, 6.07) is 6.04. The molecule has 2 rings (SSSR count). The fourth-order valence-electron chi connectivity index (χ4n) is 2.33. The first-order valence-electron chi connectivity index (χ1n) is 6.26. The van der Waals surface area contributed by atoms with E-state index in [2.05, 4.69) is 0 Å². The average molecular weight is 300 g/mol. The number of anilines is 1. The molecule has 1 fully saturated rings. The number of hydrogen-bond acceptors (Lipinski definition) is 5. The highest BCUT2D eigenvalue weighted by molar-refractivity contribution is 8.01. The van der Waals surface area contributed by atoms with Crippen LogP contribution in [0, 0.1) is 6.92 Å². The molecule has 1 aromatic rings. The Hall–Kier alpha value is -0.720. The van der Waals surface area contributed by atoms with Gasteiger partial charge in [-0.2, -0.15) is 11.8 Å². The third kappa shape index (κ3) is 3.24. The zero-order valence-electron chi connectivity index (χ0n) is 11.3. The fourth-order valence-corrected chi connectivity index (χ4v) is 5.16. The van der Waals surface area contributed by atoms with Crippen molar-refractivity contribution < 1.29 is 8.42 Å². The number of nitrogens with two attached hydrogens (primary N) is 1. The summed E-state index contributed by atoms with van der Waals surface area (Å²) in [4.78, 5) is 2.00. The molecule has 0 aromatic heterocycles. The van der Waals surface area contributed by atoms with E-state index in [1.165, 1.54) is 6.26 Å². The number of aryl methyl sites for hydroxylation is 1. The van der Waals surface area contributed by atoms with E-state index in [0.29, 0.717) is 12.3 Å². The molecule has 1 heterocycles. The zero-order chi connectivity index (χ0) is 14.0. The highest BCUT2D eigenvalue weighted by atomic mass is 32.2. The summed E-state index contributed by atoms with van der Waals surface area (Å²) in [5.41, 5.74) is 8.88. The SMILES string of the molecule is Cc1ccc(CN)c(N2CCSCC2S(C)(=O)=O)c1. The van der Waals surface area contributed by atoms with Crippen LogP contribution in [-0.4, -0.2) is 38.1 Å². The van der Waals surface area contributed by atoms with Crippen molar-refractivity contribution in [3.8, 4) is 0 Å². The Kier molecular flexibility index (Phi) is 4.43. The maximum absolute atomic E-state index is 12.0. The lowest BCUT2D eigenvalue weighted by atomic mass is 10.1. The molecule has 106 valence electrons. The predicted molar refractivity (Wildman–Crippen MR) is 82.4 cm³/mol. The molecule has 0 radical (unpaired) electrons. The number of benzene rings is 1. The molecule has 1 unspecified atom stereocenters. The molecule has 0 spiro atoms. The van der Waals surface area contributed by atoms with Crippen molar-refractivity contribution in [2.45, 2.75) is 18.8 Å². The lowest BCUT2D eigenvalue weighted by Gasteiger charge is -2.37. The molecule has 0 aliphatic carbocycles. The summed E-state index contributed by atoms with van der Waals surface area (Å²) in [6.07, 6.45) is 1.31. The van der Waals surface area contributed by atoms with Crippen LogP contribution in [0.25, 0.3) is 0 Å². The Labute approximate surface area is 119 Å². The lowest BCUT2D eigenvalue weighted by molar-refractivity contribution is 0.584. The summed E-state index contributed by atoms with van der Waals surface area (Å²) in [5.74, 6) is 1.57. The highest BCUT2D eigenvalue weighted by Gasteiger charge is 2.32. The molecule has 19 heavy (non-hydrogen) atoms. The Morgan fingerprint density at radius 1 is 1.47 bits per heavy atom. The van der Waals surface area contributed by atoms with Gasteiger partial charge in [-0.3, -0.25) is 0 Å². The third-order valence-electron chi connectivity index (χ3n) is 3.35. The summed E-state index contributed by atoms with van der Waals surface area (Å²) >= 11 is 1.69. The van der Waals surface area contributed by atoms with Gasteiger partial charge in [0.05, 0.1) is 0 Å². The van der Waals surface area contributed by atoms with E-state index in [1.807, 2.05) is 30.0 Å². The quantitative estimate of drug-likeness (QED) is 0.913. The molecule has 1 saturated heterocycles. The number of nitrogens with zero attached hydrogens (tertiary/aromatic N) is 1. The number of thioether (sulfide) groups is 1. The van der Waals surface area contributed by atoms with Crippen LogP contribution >= 0.6 is 11.8 Å². The molecule has 1 atom stereocenters. The standard InChI is InChI=1S/C13H20N2O2S2/c1-10-3-4-11(8-14)12(7-10)15-5-6-18-9-13(15)19(2,16)17/h3-4,7,13H,5-6,8-9,14H2,1-2H3. The normalized spacial score (nSPS) is 20.6. The molecular formula is C13H20N2O2S2. The average Bonchev–Trinajstić information content (AvgIpc) is 2.37. The van der Waals surface area contributed by atoms with Gasteiger partial charge in [-0.1, -0.05) is 12.1 Å². The minimum absolute atomic E-state index is 0.426. The van der Waals surface area contributed by atoms with Crippen molar-refractivity contribution in [3.63, 3.8) is 0 Å². The van der Waals surface area contributed by atoms with E-state index >= 15 is 0 Å². The molecule has 4 nitrogen and oxygen atoms in total. The Balaban J connectivity index is 2.45. The van der Waals surface area contributed by atoms with Crippen LogP contribution in [-0.2, 0) is 16.4 Å². The first-order valence-corrected chi connectivity index (χ1v) is 9.37. The second kappa shape index (κ2) is 5.73. The second-order valence-corrected chi connectivity index (χ2v) is 8.24. The van der Waals surface area contributed by atoms with Gasteiger partial charge in [-0.05, 0) is 24.1 Å². The largest absolute Gasteiger partial charge is 0.353 e. The number of sulfone groups is 1. The smallest absolute Gasteiger partial charge is 0.169 e. The molecule has 1 aliphatic heterocycles. The molecule has 6 heteroatoms. The van der Waals surface area contributed by atoms with Crippen molar-refractivity contribution >= 4 is 27.3 Å². The van der Waals surface area contributed by atoms with E-state index in [1.54, 1.807) is 11.8 Å². The van der Waals surface area contributed by atoms with E-state index in [9.17, 15) is 8.42 Å². The number of rotatable bonds is 3. The Morgan fingerprint density at radius 3 is 2.84 bits per heavy atom. The lowest BCUT2D eigenvalue weighted by Crippen LogP contribution is -2.47. The molecular weight excluding hydrogens is 280 g/mol. The van der Waals surface area contributed by atoms with Gasteiger partial charge in [-0.25, -0.2) is 8.42 Å².